The van der Waals surface area contributed by atoms with Gasteiger partial charge in [0.1, 0.15) is 0 Å². The van der Waals surface area contributed by atoms with Crippen molar-refractivity contribution in [3.05, 3.63) is 29.8 Å². The van der Waals surface area contributed by atoms with Gasteiger partial charge in [-0.2, -0.15) is 0 Å². The van der Waals surface area contributed by atoms with E-state index in [1.807, 2.05) is 38.1 Å². The summed E-state index contributed by atoms with van der Waals surface area (Å²) >= 11 is 0. The van der Waals surface area contributed by atoms with E-state index < -0.39 is 0 Å². The van der Waals surface area contributed by atoms with E-state index in [1.165, 1.54) is 5.56 Å². The molecule has 1 rings (SSSR count). The molecule has 0 bridgehead atoms. The molecule has 0 aromatic heterocycles. The molecular weight excluding hydrogens is 186 g/mol. The van der Waals surface area contributed by atoms with Crippen molar-refractivity contribution in [2.24, 2.45) is 5.92 Å². The predicted octanol–water partition coefficient (Wildman–Crippen LogP) is 3.37. The lowest BCUT2D eigenvalue weighted by molar-refractivity contribution is -0.119. The van der Waals surface area contributed by atoms with E-state index in [2.05, 4.69) is 12.2 Å². The Labute approximate surface area is 91.7 Å². The zero-order valence-corrected chi connectivity index (χ0v) is 9.71. The zero-order chi connectivity index (χ0) is 11.3. The van der Waals surface area contributed by atoms with Crippen molar-refractivity contribution in [1.82, 2.24) is 0 Å². The summed E-state index contributed by atoms with van der Waals surface area (Å²) in [6.07, 6.45) is 1.99. The van der Waals surface area contributed by atoms with Crippen molar-refractivity contribution >= 4 is 11.6 Å². The van der Waals surface area contributed by atoms with E-state index in [0.29, 0.717) is 0 Å². The molecule has 82 valence electrons. The fraction of sp³-hybridized carbons (Fsp3) is 0.462. The summed E-state index contributed by atoms with van der Waals surface area (Å²) in [4.78, 5) is 11.7. The summed E-state index contributed by atoms with van der Waals surface area (Å²) in [5, 5.41) is 2.91. The van der Waals surface area contributed by atoms with Gasteiger partial charge in [0.15, 0.2) is 0 Å². The van der Waals surface area contributed by atoms with Gasteiger partial charge in [-0.15, -0.1) is 0 Å². The first-order chi connectivity index (χ1) is 7.13. The number of nitrogens with one attached hydrogen (secondary N) is 1. The molecule has 1 aromatic rings. The molecule has 0 unspecified atom stereocenters. The second-order valence-electron chi connectivity index (χ2n) is 4.04. The molecule has 0 spiro atoms. The number of hydrogen-bond acceptors (Lipinski definition) is 1. The molecule has 2 heteroatoms. The molecular formula is C13H19NO. The maximum Gasteiger partial charge on any atom is 0.227 e. The summed E-state index contributed by atoms with van der Waals surface area (Å²) in [6, 6.07) is 7.87. The van der Waals surface area contributed by atoms with Gasteiger partial charge in [-0.25, -0.2) is 0 Å². The number of rotatable bonds is 4. The van der Waals surface area contributed by atoms with Crippen LogP contribution in [0.2, 0.25) is 0 Å². The largest absolute Gasteiger partial charge is 0.326 e. The Balaban J connectivity index is 2.54. The Morgan fingerprint density at radius 3 is 2.47 bits per heavy atom. The van der Waals surface area contributed by atoms with Crippen molar-refractivity contribution in [1.29, 1.82) is 0 Å². The summed E-state index contributed by atoms with van der Waals surface area (Å²) in [5.74, 6) is 0.206. The molecule has 1 aromatic carbocycles. The predicted molar refractivity (Wildman–Crippen MR) is 63.9 cm³/mol. The van der Waals surface area contributed by atoms with Crippen molar-refractivity contribution in [3.8, 4) is 0 Å². The van der Waals surface area contributed by atoms with Crippen LogP contribution >= 0.6 is 0 Å². The minimum atomic E-state index is 0.0938. The highest BCUT2D eigenvalue weighted by Gasteiger charge is 2.11. The minimum absolute atomic E-state index is 0.0938. The van der Waals surface area contributed by atoms with Gasteiger partial charge in [-0.05, 0) is 25.5 Å². The maximum absolute atomic E-state index is 11.7. The number of carbonyl (C=O) groups excluding carboxylic acids is 1. The Morgan fingerprint density at radius 1 is 1.33 bits per heavy atom. The van der Waals surface area contributed by atoms with Crippen LogP contribution in [-0.4, -0.2) is 5.91 Å². The van der Waals surface area contributed by atoms with Crippen LogP contribution in [0.15, 0.2) is 24.3 Å². The molecule has 0 fully saturated rings. The van der Waals surface area contributed by atoms with Crippen LogP contribution in [0.4, 0.5) is 5.69 Å². The Hall–Kier alpha value is -1.31. The Kier molecular flexibility index (Phi) is 4.35. The van der Waals surface area contributed by atoms with E-state index in [0.717, 1.165) is 18.5 Å². The second-order valence-corrected chi connectivity index (χ2v) is 4.04. The van der Waals surface area contributed by atoms with Gasteiger partial charge < -0.3 is 5.32 Å². The lowest BCUT2D eigenvalue weighted by Gasteiger charge is -2.11. The van der Waals surface area contributed by atoms with E-state index in [9.17, 15) is 4.79 Å². The van der Waals surface area contributed by atoms with E-state index in [1.54, 1.807) is 0 Å². The van der Waals surface area contributed by atoms with Crippen LogP contribution in [-0.2, 0) is 4.79 Å². The summed E-state index contributed by atoms with van der Waals surface area (Å²) in [5.41, 5.74) is 2.09. The molecule has 0 aliphatic heterocycles. The number of aryl methyl sites for hydroxylation is 1. The average molecular weight is 205 g/mol. The quantitative estimate of drug-likeness (QED) is 0.802. The number of amides is 1. The first-order valence-electron chi connectivity index (χ1n) is 5.51. The van der Waals surface area contributed by atoms with Crippen molar-refractivity contribution in [3.63, 3.8) is 0 Å². The smallest absolute Gasteiger partial charge is 0.227 e. The molecule has 1 atom stereocenters. The number of anilines is 1. The highest BCUT2D eigenvalue weighted by molar-refractivity contribution is 5.92. The maximum atomic E-state index is 11.7. The molecule has 1 amide bonds. The fourth-order valence-electron chi connectivity index (χ4n) is 1.47. The highest BCUT2D eigenvalue weighted by Crippen LogP contribution is 2.12. The van der Waals surface area contributed by atoms with Crippen molar-refractivity contribution in [2.45, 2.75) is 33.6 Å². The molecule has 0 saturated heterocycles. The lowest BCUT2D eigenvalue weighted by atomic mass is 10.1. The minimum Gasteiger partial charge on any atom is -0.326 e. The highest BCUT2D eigenvalue weighted by atomic mass is 16.1. The monoisotopic (exact) mass is 205 g/mol. The van der Waals surface area contributed by atoms with Crippen LogP contribution in [0, 0.1) is 12.8 Å². The third-order valence-corrected chi connectivity index (χ3v) is 2.49. The van der Waals surface area contributed by atoms with Crippen LogP contribution in [0.3, 0.4) is 0 Å². The van der Waals surface area contributed by atoms with Gasteiger partial charge in [0, 0.05) is 11.6 Å². The number of benzene rings is 1. The number of carbonyl (C=O) groups is 1. The van der Waals surface area contributed by atoms with Crippen LogP contribution in [0.25, 0.3) is 0 Å². The van der Waals surface area contributed by atoms with Crippen molar-refractivity contribution in [2.75, 3.05) is 5.32 Å². The average Bonchev–Trinajstić information content (AvgIpc) is 2.22. The van der Waals surface area contributed by atoms with E-state index in [-0.39, 0.29) is 11.8 Å². The SMILES string of the molecule is CCC[C@H](C)C(=O)Nc1ccc(C)cc1. The third kappa shape index (κ3) is 3.74. The molecule has 2 nitrogen and oxygen atoms in total. The van der Waals surface area contributed by atoms with Gasteiger partial charge in [-0.3, -0.25) is 4.79 Å². The fourth-order valence-corrected chi connectivity index (χ4v) is 1.47. The van der Waals surface area contributed by atoms with Gasteiger partial charge in [0.25, 0.3) is 0 Å². The first kappa shape index (κ1) is 11.8. The van der Waals surface area contributed by atoms with Crippen molar-refractivity contribution < 1.29 is 4.79 Å². The number of hydrogen-bond donors (Lipinski definition) is 1. The van der Waals surface area contributed by atoms with Gasteiger partial charge in [0.2, 0.25) is 5.91 Å². The summed E-state index contributed by atoms with van der Waals surface area (Å²) in [7, 11) is 0. The molecule has 1 N–H and O–H groups in total. The molecule has 15 heavy (non-hydrogen) atoms. The molecule has 0 saturated carbocycles. The van der Waals surface area contributed by atoms with Crippen LogP contribution in [0.5, 0.6) is 0 Å². The molecule has 0 heterocycles. The lowest BCUT2D eigenvalue weighted by Crippen LogP contribution is -2.20. The van der Waals surface area contributed by atoms with Gasteiger partial charge in [0.05, 0.1) is 0 Å². The normalized spacial score (nSPS) is 12.2. The summed E-state index contributed by atoms with van der Waals surface area (Å²) < 4.78 is 0. The Bertz CT molecular complexity index is 316. The summed E-state index contributed by atoms with van der Waals surface area (Å²) in [6.45, 7) is 6.09. The van der Waals surface area contributed by atoms with E-state index in [4.69, 9.17) is 0 Å². The second kappa shape index (κ2) is 5.54. The van der Waals surface area contributed by atoms with Gasteiger partial charge >= 0.3 is 0 Å². The molecule has 0 aliphatic carbocycles. The van der Waals surface area contributed by atoms with Crippen LogP contribution < -0.4 is 5.32 Å². The van der Waals surface area contributed by atoms with Crippen LogP contribution in [0.1, 0.15) is 32.3 Å². The third-order valence-electron chi connectivity index (χ3n) is 2.49. The zero-order valence-electron chi connectivity index (χ0n) is 9.71. The van der Waals surface area contributed by atoms with Gasteiger partial charge in [-0.1, -0.05) is 38.0 Å². The first-order valence-corrected chi connectivity index (χ1v) is 5.51. The topological polar surface area (TPSA) is 29.1 Å². The molecule has 0 radical (unpaired) electrons. The van der Waals surface area contributed by atoms with E-state index >= 15 is 0 Å². The Morgan fingerprint density at radius 2 is 1.93 bits per heavy atom. The standard InChI is InChI=1S/C13H19NO/c1-4-5-11(3)13(15)14-12-8-6-10(2)7-9-12/h6-9,11H,4-5H2,1-3H3,(H,14,15)/t11-/m0/s1. The molecule has 0 aliphatic rings.